The van der Waals surface area contributed by atoms with Crippen molar-refractivity contribution in [1.82, 2.24) is 29.7 Å². The monoisotopic (exact) mass is 583 g/mol. The summed E-state index contributed by atoms with van der Waals surface area (Å²) in [5.74, 6) is -0.0872. The minimum Gasteiger partial charge on any atom is -0.349 e. The van der Waals surface area contributed by atoms with Gasteiger partial charge in [-0.25, -0.2) is 23.4 Å². The maximum absolute atomic E-state index is 13.6. The second kappa shape index (κ2) is 12.0. The molecule has 41 heavy (non-hydrogen) atoms. The fraction of sp³-hybridized carbons (Fsp3) is 0.321. The highest BCUT2D eigenvalue weighted by Gasteiger charge is 2.27. The first kappa shape index (κ1) is 28.2. The molecule has 3 heterocycles. The number of aromatic nitrogens is 4. The summed E-state index contributed by atoms with van der Waals surface area (Å²) in [6, 6.07) is 11.5. The highest BCUT2D eigenvalue weighted by Crippen LogP contribution is 2.29. The fourth-order valence-corrected chi connectivity index (χ4v) is 5.38. The predicted molar refractivity (Wildman–Crippen MR) is 151 cm³/mol. The van der Waals surface area contributed by atoms with Crippen molar-refractivity contribution in [3.8, 4) is 5.69 Å². The third-order valence-corrected chi connectivity index (χ3v) is 7.48. The number of anilines is 1. The maximum Gasteiger partial charge on any atom is 0.333 e. The molecule has 3 aromatic heterocycles. The molecule has 0 saturated heterocycles. The number of carbonyl (C=O) groups excluding carboxylic acids is 2. The van der Waals surface area contributed by atoms with E-state index in [2.05, 4.69) is 25.9 Å². The summed E-state index contributed by atoms with van der Waals surface area (Å²) in [5.41, 5.74) is 1.07. The van der Waals surface area contributed by atoms with E-state index in [-0.39, 0.29) is 28.2 Å². The van der Waals surface area contributed by atoms with Gasteiger partial charge in [-0.05, 0) is 61.9 Å². The first-order chi connectivity index (χ1) is 19.7. The molecule has 4 aromatic rings. The Morgan fingerprint density at radius 1 is 1.05 bits per heavy atom. The zero-order valence-corrected chi connectivity index (χ0v) is 22.9. The second-order valence-corrected chi connectivity index (χ2v) is 10.3. The number of benzene rings is 1. The Kier molecular flexibility index (Phi) is 8.29. The van der Waals surface area contributed by atoms with Crippen molar-refractivity contribution in [2.75, 3.05) is 12.4 Å². The summed E-state index contributed by atoms with van der Waals surface area (Å²) in [4.78, 5) is 45.9. The molecular weight excluding hydrogens is 556 g/mol. The number of halogens is 3. The van der Waals surface area contributed by atoms with E-state index < -0.39 is 24.1 Å². The van der Waals surface area contributed by atoms with Gasteiger partial charge in [0.2, 0.25) is 0 Å². The van der Waals surface area contributed by atoms with Crippen LogP contribution in [0, 0.1) is 5.92 Å². The number of para-hydroxylation sites is 2. The summed E-state index contributed by atoms with van der Waals surface area (Å²) in [6.45, 7) is 0.491. The zero-order valence-electron chi connectivity index (χ0n) is 22.1. The first-order valence-corrected chi connectivity index (χ1v) is 13.5. The van der Waals surface area contributed by atoms with Crippen LogP contribution in [0.1, 0.15) is 48.2 Å². The molecule has 0 radical (unpaired) electrons. The van der Waals surface area contributed by atoms with E-state index in [1.165, 1.54) is 19.3 Å². The maximum atomic E-state index is 13.6. The van der Waals surface area contributed by atoms with E-state index in [0.717, 1.165) is 30.1 Å². The summed E-state index contributed by atoms with van der Waals surface area (Å²) in [7, 11) is 1.50. The molecular formula is C28H28ClF2N7O3. The molecule has 3 N–H and O–H groups in total. The summed E-state index contributed by atoms with van der Waals surface area (Å²) >= 11 is 5.89. The Hall–Kier alpha value is -4.32. The van der Waals surface area contributed by atoms with Crippen molar-refractivity contribution in [1.29, 1.82) is 0 Å². The molecule has 0 bridgehead atoms. The van der Waals surface area contributed by atoms with Crippen molar-refractivity contribution in [2.45, 2.75) is 44.7 Å². The first-order valence-electron chi connectivity index (χ1n) is 13.1. The van der Waals surface area contributed by atoms with Crippen LogP contribution >= 0.6 is 11.6 Å². The molecule has 13 heteroatoms. The Morgan fingerprint density at radius 3 is 2.44 bits per heavy atom. The predicted octanol–water partition coefficient (Wildman–Crippen LogP) is 4.91. The lowest BCUT2D eigenvalue weighted by Crippen LogP contribution is -2.39. The number of imidazole rings is 1. The minimum absolute atomic E-state index is 0.111. The molecule has 0 unspecified atom stereocenters. The third kappa shape index (κ3) is 6.07. The van der Waals surface area contributed by atoms with Crippen molar-refractivity contribution in [3.05, 3.63) is 81.6 Å². The van der Waals surface area contributed by atoms with E-state index >= 15 is 0 Å². The minimum atomic E-state index is -2.89. The highest BCUT2D eigenvalue weighted by atomic mass is 35.5. The molecule has 1 saturated carbocycles. The number of hydrogen-bond acceptors (Lipinski definition) is 5. The summed E-state index contributed by atoms with van der Waals surface area (Å²) < 4.78 is 30.0. The molecule has 0 aliphatic heterocycles. The normalized spacial score (nSPS) is 17.0. The van der Waals surface area contributed by atoms with Gasteiger partial charge in [0.25, 0.3) is 12.3 Å². The summed E-state index contributed by atoms with van der Waals surface area (Å²) in [5, 5.41) is 8.01. The second-order valence-electron chi connectivity index (χ2n) is 9.90. The number of pyridine rings is 2. The van der Waals surface area contributed by atoms with Gasteiger partial charge in [0, 0.05) is 25.8 Å². The standard InChI is InChI=1S/C28H28ClF2N7O3/c1-32-27(40)36-23-11-10-19(14-33-23)38-22-5-3-2-4-21(22)37(28(38)41)15-16-6-8-18(9-7-16)35-26(39)20-12-17(29)13-34-24(20)25(30)31/h2-5,10-14,16,18,25H,6-9,15H2,1H3,(H,35,39)(H2,32,33,36,40). The summed E-state index contributed by atoms with van der Waals surface area (Å²) in [6.07, 6.45) is 2.52. The number of fused-ring (bicyclic) bond motifs is 1. The molecule has 10 nitrogen and oxygen atoms in total. The SMILES string of the molecule is CNC(=O)Nc1ccc(-n2c(=O)n(CC3CCC(NC(=O)c4cc(Cl)cnc4C(F)F)CC3)c3ccccc32)cn1. The van der Waals surface area contributed by atoms with Crippen molar-refractivity contribution in [2.24, 2.45) is 5.92 Å². The number of carbonyl (C=O) groups is 2. The average Bonchev–Trinajstić information content (AvgIpc) is 3.25. The van der Waals surface area contributed by atoms with Gasteiger partial charge in [0.1, 0.15) is 11.5 Å². The lowest BCUT2D eigenvalue weighted by molar-refractivity contribution is 0.0904. The van der Waals surface area contributed by atoms with Gasteiger partial charge in [-0.2, -0.15) is 0 Å². The molecule has 1 aliphatic carbocycles. The van der Waals surface area contributed by atoms with Gasteiger partial charge in [-0.3, -0.25) is 24.2 Å². The number of nitrogens with zero attached hydrogens (tertiary/aromatic N) is 4. The largest absolute Gasteiger partial charge is 0.349 e. The van der Waals surface area contributed by atoms with Gasteiger partial charge in [0.15, 0.2) is 0 Å². The van der Waals surface area contributed by atoms with E-state index in [9.17, 15) is 23.2 Å². The number of urea groups is 1. The van der Waals surface area contributed by atoms with Crippen molar-refractivity contribution < 1.29 is 18.4 Å². The number of hydrogen-bond donors (Lipinski definition) is 3. The van der Waals surface area contributed by atoms with Crippen LogP contribution in [0.4, 0.5) is 19.4 Å². The van der Waals surface area contributed by atoms with Crippen LogP contribution in [-0.2, 0) is 6.54 Å². The number of rotatable bonds is 7. The molecule has 214 valence electrons. The Balaban J connectivity index is 1.29. The zero-order chi connectivity index (χ0) is 29.1. The van der Waals surface area contributed by atoms with Crippen molar-refractivity contribution in [3.63, 3.8) is 0 Å². The Bertz CT molecular complexity index is 1630. The van der Waals surface area contributed by atoms with E-state index in [1.54, 1.807) is 21.3 Å². The third-order valence-electron chi connectivity index (χ3n) is 7.27. The molecule has 1 aliphatic rings. The van der Waals surface area contributed by atoms with Gasteiger partial charge in [0.05, 0.1) is 33.5 Å². The van der Waals surface area contributed by atoms with Crippen LogP contribution in [0.2, 0.25) is 5.02 Å². The fourth-order valence-electron chi connectivity index (χ4n) is 5.22. The number of nitrogens with one attached hydrogen (secondary N) is 3. The Labute approximate surface area is 238 Å². The van der Waals surface area contributed by atoms with Crippen LogP contribution in [0.15, 0.2) is 59.7 Å². The lowest BCUT2D eigenvalue weighted by atomic mass is 9.85. The van der Waals surface area contributed by atoms with E-state index in [1.807, 2.05) is 24.3 Å². The molecule has 3 amide bonds. The number of alkyl halides is 2. The molecule has 5 rings (SSSR count). The number of amides is 3. The van der Waals surface area contributed by atoms with E-state index in [0.29, 0.717) is 30.9 Å². The molecule has 0 spiro atoms. The topological polar surface area (TPSA) is 123 Å². The molecule has 0 atom stereocenters. The van der Waals surface area contributed by atoms with Gasteiger partial charge in [-0.1, -0.05) is 23.7 Å². The van der Waals surface area contributed by atoms with Crippen LogP contribution in [0.3, 0.4) is 0 Å². The highest BCUT2D eigenvalue weighted by molar-refractivity contribution is 6.30. The molecule has 1 aromatic carbocycles. The smallest absolute Gasteiger partial charge is 0.333 e. The van der Waals surface area contributed by atoms with Gasteiger partial charge >= 0.3 is 11.7 Å². The van der Waals surface area contributed by atoms with Gasteiger partial charge < -0.3 is 10.6 Å². The lowest BCUT2D eigenvalue weighted by Gasteiger charge is -2.29. The van der Waals surface area contributed by atoms with Crippen LogP contribution in [0.5, 0.6) is 0 Å². The van der Waals surface area contributed by atoms with E-state index in [4.69, 9.17) is 11.6 Å². The van der Waals surface area contributed by atoms with Crippen molar-refractivity contribution >= 4 is 40.4 Å². The molecule has 1 fully saturated rings. The average molecular weight is 584 g/mol. The Morgan fingerprint density at radius 2 is 1.78 bits per heavy atom. The van der Waals surface area contributed by atoms with Crippen LogP contribution in [-0.4, -0.2) is 44.1 Å². The van der Waals surface area contributed by atoms with Crippen LogP contribution in [0.25, 0.3) is 16.7 Å². The van der Waals surface area contributed by atoms with Crippen LogP contribution < -0.4 is 21.6 Å². The van der Waals surface area contributed by atoms with Gasteiger partial charge in [-0.15, -0.1) is 0 Å². The quantitative estimate of drug-likeness (QED) is 0.285.